The smallest absolute Gasteiger partial charge is 0.218 e. The van der Waals surface area contributed by atoms with Gasteiger partial charge in [-0.1, -0.05) is 18.2 Å². The lowest BCUT2D eigenvalue weighted by atomic mass is 10.1. The van der Waals surface area contributed by atoms with E-state index in [9.17, 15) is 13.5 Å². The number of nitrogens with zero attached hydrogens (tertiary/aromatic N) is 1. The summed E-state index contributed by atoms with van der Waals surface area (Å²) in [4.78, 5) is 0. The lowest BCUT2D eigenvalue weighted by Gasteiger charge is -2.41. The first kappa shape index (κ1) is 16.2. The number of hydrogen-bond donors (Lipinski definition) is 2. The van der Waals surface area contributed by atoms with Crippen LogP contribution in [0.1, 0.15) is 19.4 Å². The summed E-state index contributed by atoms with van der Waals surface area (Å²) in [6, 6.07) is 6.93. The van der Waals surface area contributed by atoms with Gasteiger partial charge in [-0.3, -0.25) is 0 Å². The Morgan fingerprint density at radius 1 is 1.43 bits per heavy atom. The summed E-state index contributed by atoms with van der Waals surface area (Å²) in [5, 5.41) is 9.27. The number of hydrogen-bond acceptors (Lipinski definition) is 5. The molecule has 1 fully saturated rings. The van der Waals surface area contributed by atoms with E-state index in [1.54, 1.807) is 24.3 Å². The van der Waals surface area contributed by atoms with Crippen LogP contribution in [-0.4, -0.2) is 49.2 Å². The van der Waals surface area contributed by atoms with Crippen molar-refractivity contribution in [2.45, 2.75) is 31.3 Å². The summed E-state index contributed by atoms with van der Waals surface area (Å²) >= 11 is 0. The van der Waals surface area contributed by atoms with E-state index < -0.39 is 21.7 Å². The lowest BCUT2D eigenvalue weighted by molar-refractivity contribution is -0.131. The maximum Gasteiger partial charge on any atom is 0.218 e. The molecule has 118 valence electrons. The minimum absolute atomic E-state index is 0.145. The van der Waals surface area contributed by atoms with E-state index in [1.807, 2.05) is 13.8 Å². The molecule has 1 aliphatic rings. The van der Waals surface area contributed by atoms with Crippen molar-refractivity contribution < 1.29 is 18.3 Å². The van der Waals surface area contributed by atoms with Gasteiger partial charge in [0.25, 0.3) is 0 Å². The number of benzene rings is 1. The van der Waals surface area contributed by atoms with Crippen LogP contribution in [0.5, 0.6) is 0 Å². The number of nitrogen functional groups attached to an aromatic ring is 1. The van der Waals surface area contributed by atoms with Gasteiger partial charge in [0.1, 0.15) is 0 Å². The van der Waals surface area contributed by atoms with Gasteiger partial charge in [-0.2, -0.15) is 4.31 Å². The molecule has 0 saturated carbocycles. The van der Waals surface area contributed by atoms with Crippen molar-refractivity contribution in [1.82, 2.24) is 4.31 Å². The first-order chi connectivity index (χ1) is 9.73. The molecule has 21 heavy (non-hydrogen) atoms. The van der Waals surface area contributed by atoms with E-state index in [1.165, 1.54) is 4.31 Å². The number of para-hydroxylation sites is 1. The van der Waals surface area contributed by atoms with Crippen LogP contribution in [0.25, 0.3) is 0 Å². The maximum atomic E-state index is 12.6. The normalized spacial score (nSPS) is 23.1. The predicted octanol–water partition coefficient (Wildman–Crippen LogP) is 0.570. The van der Waals surface area contributed by atoms with Gasteiger partial charge in [0, 0.05) is 18.8 Å². The Morgan fingerprint density at radius 3 is 2.71 bits per heavy atom. The molecule has 0 aromatic heterocycles. The van der Waals surface area contributed by atoms with Crippen molar-refractivity contribution in [3.63, 3.8) is 0 Å². The predicted molar refractivity (Wildman–Crippen MR) is 81.1 cm³/mol. The standard InChI is InChI=1S/C14H22N2O4S/c1-14(2)10-16(7-12(8-17)20-14)21(18,19)9-11-5-3-4-6-13(11)15/h3-6,12,17H,7-10,15H2,1-2H3. The van der Waals surface area contributed by atoms with Crippen LogP contribution < -0.4 is 5.73 Å². The van der Waals surface area contributed by atoms with E-state index in [4.69, 9.17) is 10.5 Å². The zero-order chi connectivity index (χ0) is 15.7. The van der Waals surface area contributed by atoms with Crippen LogP contribution in [0, 0.1) is 0 Å². The van der Waals surface area contributed by atoms with Crippen LogP contribution in [0.3, 0.4) is 0 Å². The summed E-state index contributed by atoms with van der Waals surface area (Å²) < 4.78 is 32.2. The Morgan fingerprint density at radius 2 is 2.10 bits per heavy atom. The number of aliphatic hydroxyl groups is 1. The highest BCUT2D eigenvalue weighted by Crippen LogP contribution is 2.25. The average molecular weight is 314 g/mol. The van der Waals surface area contributed by atoms with Gasteiger partial charge in [0.05, 0.1) is 24.1 Å². The third-order valence-corrected chi connectivity index (χ3v) is 5.18. The lowest BCUT2D eigenvalue weighted by Crippen LogP contribution is -2.55. The molecule has 1 aromatic carbocycles. The molecule has 1 atom stereocenters. The molecular weight excluding hydrogens is 292 g/mol. The Bertz CT molecular complexity index is 601. The molecule has 3 N–H and O–H groups in total. The van der Waals surface area contributed by atoms with E-state index >= 15 is 0 Å². The molecule has 1 aliphatic heterocycles. The summed E-state index contributed by atoms with van der Waals surface area (Å²) in [5.41, 5.74) is 6.24. The second-order valence-corrected chi connectivity index (χ2v) is 7.90. The first-order valence-corrected chi connectivity index (χ1v) is 8.44. The summed E-state index contributed by atoms with van der Waals surface area (Å²) in [6.45, 7) is 3.85. The Hall–Kier alpha value is -1.15. The SMILES string of the molecule is CC1(C)CN(S(=O)(=O)Cc2ccccc2N)CC(CO)O1. The highest BCUT2D eigenvalue weighted by Gasteiger charge is 2.38. The molecule has 2 rings (SSSR count). The Balaban J connectivity index is 2.21. The summed E-state index contributed by atoms with van der Waals surface area (Å²) in [5.74, 6) is -0.145. The zero-order valence-corrected chi connectivity index (χ0v) is 13.1. The fourth-order valence-corrected chi connectivity index (χ4v) is 4.24. The van der Waals surface area contributed by atoms with Crippen molar-refractivity contribution in [1.29, 1.82) is 0 Å². The second-order valence-electron chi connectivity index (χ2n) is 5.93. The highest BCUT2D eigenvalue weighted by atomic mass is 32.2. The molecule has 6 nitrogen and oxygen atoms in total. The molecular formula is C14H22N2O4S. The number of morpholine rings is 1. The number of nitrogens with two attached hydrogens (primary N) is 1. The molecule has 0 radical (unpaired) electrons. The van der Waals surface area contributed by atoms with Crippen molar-refractivity contribution in [2.24, 2.45) is 0 Å². The minimum atomic E-state index is -3.51. The van der Waals surface area contributed by atoms with Crippen molar-refractivity contribution in [3.8, 4) is 0 Å². The minimum Gasteiger partial charge on any atom is -0.398 e. The highest BCUT2D eigenvalue weighted by molar-refractivity contribution is 7.88. The summed E-state index contributed by atoms with van der Waals surface area (Å²) in [7, 11) is -3.51. The number of aliphatic hydroxyl groups excluding tert-OH is 1. The molecule has 0 spiro atoms. The molecule has 1 heterocycles. The van der Waals surface area contributed by atoms with Gasteiger partial charge >= 0.3 is 0 Å². The van der Waals surface area contributed by atoms with Crippen LogP contribution in [0.4, 0.5) is 5.69 Å². The van der Waals surface area contributed by atoms with Gasteiger partial charge < -0.3 is 15.6 Å². The Kier molecular flexibility index (Phi) is 4.57. The Labute approximate surface area is 125 Å². The molecule has 7 heteroatoms. The van der Waals surface area contributed by atoms with Crippen LogP contribution >= 0.6 is 0 Å². The number of anilines is 1. The number of rotatable bonds is 4. The van der Waals surface area contributed by atoms with Gasteiger partial charge in [-0.15, -0.1) is 0 Å². The van der Waals surface area contributed by atoms with Crippen molar-refractivity contribution in [2.75, 3.05) is 25.4 Å². The van der Waals surface area contributed by atoms with E-state index in [-0.39, 0.29) is 25.4 Å². The van der Waals surface area contributed by atoms with E-state index in [2.05, 4.69) is 0 Å². The van der Waals surface area contributed by atoms with Crippen molar-refractivity contribution >= 4 is 15.7 Å². The molecule has 1 aromatic rings. The van der Waals surface area contributed by atoms with Gasteiger partial charge in [0.15, 0.2) is 0 Å². The number of sulfonamides is 1. The molecule has 1 unspecified atom stereocenters. The largest absolute Gasteiger partial charge is 0.398 e. The molecule has 0 bridgehead atoms. The molecule has 1 saturated heterocycles. The first-order valence-electron chi connectivity index (χ1n) is 6.83. The van der Waals surface area contributed by atoms with Crippen LogP contribution in [-0.2, 0) is 20.5 Å². The van der Waals surface area contributed by atoms with Gasteiger partial charge in [-0.25, -0.2) is 8.42 Å². The molecule has 0 aliphatic carbocycles. The van der Waals surface area contributed by atoms with E-state index in [0.717, 1.165) is 0 Å². The topological polar surface area (TPSA) is 92.9 Å². The molecule has 0 amide bonds. The maximum absolute atomic E-state index is 12.6. The van der Waals surface area contributed by atoms with Crippen molar-refractivity contribution in [3.05, 3.63) is 29.8 Å². The van der Waals surface area contributed by atoms with Gasteiger partial charge in [0.2, 0.25) is 10.0 Å². The van der Waals surface area contributed by atoms with Gasteiger partial charge in [-0.05, 0) is 25.5 Å². The fraction of sp³-hybridized carbons (Fsp3) is 0.571. The third-order valence-electron chi connectivity index (χ3n) is 3.44. The van der Waals surface area contributed by atoms with Crippen LogP contribution in [0.2, 0.25) is 0 Å². The fourth-order valence-electron chi connectivity index (χ4n) is 2.50. The average Bonchev–Trinajstić information content (AvgIpc) is 2.39. The summed E-state index contributed by atoms with van der Waals surface area (Å²) in [6.07, 6.45) is -0.503. The zero-order valence-electron chi connectivity index (χ0n) is 12.3. The van der Waals surface area contributed by atoms with E-state index in [0.29, 0.717) is 11.3 Å². The third kappa shape index (κ3) is 3.94. The second kappa shape index (κ2) is 5.92. The monoisotopic (exact) mass is 314 g/mol. The number of ether oxygens (including phenoxy) is 1. The van der Waals surface area contributed by atoms with Crippen LogP contribution in [0.15, 0.2) is 24.3 Å². The quantitative estimate of drug-likeness (QED) is 0.793.